The zero-order chi connectivity index (χ0) is 26.7. The highest BCUT2D eigenvalue weighted by atomic mass is 15.0. The van der Waals surface area contributed by atoms with Crippen LogP contribution < -0.4 is 20.5 Å². The summed E-state index contributed by atoms with van der Waals surface area (Å²) in [6.07, 6.45) is 18.7. The fraction of sp³-hybridized carbons (Fsp3) is 0.0833. The average Bonchev–Trinajstić information content (AvgIpc) is 2.94. The quantitative estimate of drug-likeness (QED) is 0.190. The van der Waals surface area contributed by atoms with Crippen molar-refractivity contribution in [2.45, 2.75) is 13.8 Å². The van der Waals surface area contributed by atoms with Gasteiger partial charge in [-0.3, -0.25) is 0 Å². The minimum Gasteiger partial charge on any atom is -0.382 e. The first kappa shape index (κ1) is 26.4. The minimum atomic E-state index is 0.731. The molecule has 0 saturated heterocycles. The molecule has 1 aliphatic heterocycles. The van der Waals surface area contributed by atoms with Crippen LogP contribution in [0.25, 0.3) is 17.2 Å². The molecule has 0 bridgehead atoms. The second kappa shape index (κ2) is 13.0. The lowest BCUT2D eigenvalue weighted by molar-refractivity contribution is 0.899. The van der Waals surface area contributed by atoms with E-state index in [1.54, 1.807) is 6.08 Å². The van der Waals surface area contributed by atoms with Crippen molar-refractivity contribution < 1.29 is 0 Å². The molecule has 0 atom stereocenters. The third-order valence-corrected chi connectivity index (χ3v) is 6.32. The monoisotopic (exact) mass is 495 g/mol. The maximum Gasteiger partial charge on any atom is 0.218 e. The normalized spacial score (nSPS) is 18.3. The molecule has 0 radical (unpaired) electrons. The standard InChI is InChI=1S/C36H35N2/c1-5-14-28(2)27-37-30(4)20-21-32(25-31-16-8-6-9-17-31)33-22-23-36-35(26-33)29(3)15-12-13-24-38(36)34-18-10-7-11-19-34/h5-26,37H,1,4,27H2,2-3H3/q+1/b13-12?,15-12-,21-20-,24-13+,28-14-,29-15?,32-25+,35-29+,38-24?,38-36+. The van der Waals surface area contributed by atoms with Gasteiger partial charge in [0.15, 0.2) is 6.20 Å². The van der Waals surface area contributed by atoms with Crippen LogP contribution in [-0.4, -0.2) is 6.54 Å². The fourth-order valence-corrected chi connectivity index (χ4v) is 4.28. The van der Waals surface area contributed by atoms with Crippen LogP contribution in [0.4, 0.5) is 5.69 Å². The first-order valence-electron chi connectivity index (χ1n) is 12.9. The van der Waals surface area contributed by atoms with Crippen molar-refractivity contribution in [3.63, 3.8) is 0 Å². The molecule has 2 nitrogen and oxygen atoms in total. The Morgan fingerprint density at radius 1 is 0.921 bits per heavy atom. The Morgan fingerprint density at radius 3 is 2.39 bits per heavy atom. The van der Waals surface area contributed by atoms with Crippen molar-refractivity contribution in [1.29, 1.82) is 0 Å². The number of nitrogens with one attached hydrogen (secondary N) is 1. The maximum atomic E-state index is 4.20. The van der Waals surface area contributed by atoms with Crippen LogP contribution in [-0.2, 0) is 0 Å². The summed E-state index contributed by atoms with van der Waals surface area (Å²) in [5, 5.41) is 5.73. The first-order chi connectivity index (χ1) is 18.5. The number of para-hydroxylation sites is 1. The van der Waals surface area contributed by atoms with Crippen LogP contribution >= 0.6 is 0 Å². The molecule has 38 heavy (non-hydrogen) atoms. The van der Waals surface area contributed by atoms with E-state index in [2.05, 4.69) is 140 Å². The van der Waals surface area contributed by atoms with Crippen molar-refractivity contribution in [3.8, 4) is 0 Å². The van der Waals surface area contributed by atoms with E-state index < -0.39 is 0 Å². The Balaban J connectivity index is 1.81. The highest BCUT2D eigenvalue weighted by molar-refractivity contribution is 5.88. The van der Waals surface area contributed by atoms with Crippen LogP contribution in [0.15, 0.2) is 152 Å². The molecule has 0 fully saturated rings. The Hall–Kier alpha value is -4.69. The Labute approximate surface area is 226 Å². The molecule has 0 spiro atoms. The number of hydrogen-bond acceptors (Lipinski definition) is 1. The van der Waals surface area contributed by atoms with E-state index in [1.165, 1.54) is 16.4 Å². The van der Waals surface area contributed by atoms with Crippen molar-refractivity contribution in [2.24, 2.45) is 0 Å². The molecule has 0 saturated carbocycles. The molecule has 0 unspecified atom stereocenters. The molecule has 0 amide bonds. The van der Waals surface area contributed by atoms with Crippen molar-refractivity contribution in [2.75, 3.05) is 6.54 Å². The molecule has 3 aromatic carbocycles. The van der Waals surface area contributed by atoms with Crippen LogP contribution in [0.3, 0.4) is 0 Å². The molecule has 1 N–H and O–H groups in total. The maximum absolute atomic E-state index is 4.20. The van der Waals surface area contributed by atoms with Crippen molar-refractivity contribution >= 4 is 22.9 Å². The van der Waals surface area contributed by atoms with Crippen LogP contribution in [0.5, 0.6) is 0 Å². The van der Waals surface area contributed by atoms with Gasteiger partial charge in [-0.2, -0.15) is 4.58 Å². The van der Waals surface area contributed by atoms with Crippen molar-refractivity contribution in [1.82, 2.24) is 9.89 Å². The van der Waals surface area contributed by atoms with E-state index >= 15 is 0 Å². The average molecular weight is 496 g/mol. The number of hydrogen-bond donors (Lipinski definition) is 1. The molecular formula is C36H35N2+. The summed E-state index contributed by atoms with van der Waals surface area (Å²) in [4.78, 5) is 0. The summed E-state index contributed by atoms with van der Waals surface area (Å²) in [7, 11) is 0. The second-order valence-corrected chi connectivity index (χ2v) is 9.29. The molecule has 1 aliphatic rings. The molecule has 3 aromatic rings. The first-order valence-corrected chi connectivity index (χ1v) is 12.9. The van der Waals surface area contributed by atoms with Gasteiger partial charge in [0.05, 0.1) is 5.22 Å². The molecule has 2 heteroatoms. The van der Waals surface area contributed by atoms with Gasteiger partial charge in [0.1, 0.15) is 0 Å². The van der Waals surface area contributed by atoms with E-state index in [0.29, 0.717) is 0 Å². The molecule has 4 rings (SSSR count). The molecule has 188 valence electrons. The summed E-state index contributed by atoms with van der Waals surface area (Å²) in [5.41, 5.74) is 7.81. The zero-order valence-corrected chi connectivity index (χ0v) is 22.3. The van der Waals surface area contributed by atoms with Crippen molar-refractivity contribution in [3.05, 3.63) is 174 Å². The largest absolute Gasteiger partial charge is 0.382 e. The lowest BCUT2D eigenvalue weighted by Crippen LogP contribution is -2.36. The number of benzene rings is 3. The zero-order valence-electron chi connectivity index (χ0n) is 22.3. The third-order valence-electron chi connectivity index (χ3n) is 6.32. The molecule has 1 heterocycles. The number of rotatable bonds is 9. The van der Waals surface area contributed by atoms with Crippen LogP contribution in [0.1, 0.15) is 25.0 Å². The van der Waals surface area contributed by atoms with E-state index in [-0.39, 0.29) is 0 Å². The minimum absolute atomic E-state index is 0.731. The second-order valence-electron chi connectivity index (χ2n) is 9.29. The third kappa shape index (κ3) is 6.96. The number of fused-ring (bicyclic) bond motifs is 1. The Bertz CT molecular complexity index is 1580. The summed E-state index contributed by atoms with van der Waals surface area (Å²) >= 11 is 0. The number of nitrogens with zero attached hydrogens (tertiary/aromatic N) is 1. The smallest absolute Gasteiger partial charge is 0.218 e. The van der Waals surface area contributed by atoms with Crippen LogP contribution in [0, 0.1) is 0 Å². The van der Waals surface area contributed by atoms with Gasteiger partial charge in [-0.05, 0) is 60.4 Å². The Morgan fingerprint density at radius 2 is 1.66 bits per heavy atom. The highest BCUT2D eigenvalue weighted by Gasteiger charge is 2.11. The van der Waals surface area contributed by atoms with E-state index in [9.17, 15) is 0 Å². The summed E-state index contributed by atoms with van der Waals surface area (Å²) in [5.74, 6) is 0. The molecule has 0 aliphatic carbocycles. The van der Waals surface area contributed by atoms with Gasteiger partial charge in [0.25, 0.3) is 0 Å². The fourth-order valence-electron chi connectivity index (χ4n) is 4.28. The van der Waals surface area contributed by atoms with Gasteiger partial charge in [0.2, 0.25) is 11.0 Å². The summed E-state index contributed by atoms with van der Waals surface area (Å²) in [6, 6.07) is 27.6. The van der Waals surface area contributed by atoms with E-state index in [4.69, 9.17) is 0 Å². The van der Waals surface area contributed by atoms with Gasteiger partial charge in [0, 0.05) is 36.5 Å². The predicted molar refractivity (Wildman–Crippen MR) is 165 cm³/mol. The lowest BCUT2D eigenvalue weighted by atomic mass is 9.99. The van der Waals surface area contributed by atoms with Gasteiger partial charge in [-0.1, -0.05) is 97.6 Å². The SMILES string of the molecule is C=C/C=C(/C)CNC(=C)/C=C\C(=C/c1ccccc1)c1ccc2/c(c1)=C(C)/C=C\C=C\[N+]=2c1ccccc1. The Kier molecular flexibility index (Phi) is 9.04. The summed E-state index contributed by atoms with van der Waals surface area (Å²) < 4.78 is 2.24. The topological polar surface area (TPSA) is 15.0 Å². The van der Waals surface area contributed by atoms with Gasteiger partial charge in [-0.25, -0.2) is 0 Å². The van der Waals surface area contributed by atoms with Crippen LogP contribution in [0.2, 0.25) is 0 Å². The summed E-state index contributed by atoms with van der Waals surface area (Å²) in [6.45, 7) is 12.9. The highest BCUT2D eigenvalue weighted by Crippen LogP contribution is 2.19. The molecular weight excluding hydrogens is 460 g/mol. The lowest BCUT2D eigenvalue weighted by Gasteiger charge is -2.08. The van der Waals surface area contributed by atoms with E-state index in [0.717, 1.165) is 40.0 Å². The van der Waals surface area contributed by atoms with Gasteiger partial charge < -0.3 is 5.32 Å². The van der Waals surface area contributed by atoms with E-state index in [1.807, 2.05) is 24.3 Å². The van der Waals surface area contributed by atoms with Gasteiger partial charge >= 0.3 is 0 Å². The molecule has 0 aromatic heterocycles. The van der Waals surface area contributed by atoms with Gasteiger partial charge in [-0.15, -0.1) is 0 Å². The number of allylic oxidation sites excluding steroid dienone is 8. The predicted octanol–water partition coefficient (Wildman–Crippen LogP) is 7.10.